The molecule has 1 N–H and O–H groups in total. The number of hydrogen-bond acceptors (Lipinski definition) is 7. The maximum Gasteiger partial charge on any atom is 0.274 e. The molecule has 0 saturated carbocycles. The molecule has 1 aliphatic heterocycles. The molecule has 0 atom stereocenters. The van der Waals surface area contributed by atoms with Crippen molar-refractivity contribution >= 4 is 27.5 Å². The number of methoxy groups -OCH3 is 1. The van der Waals surface area contributed by atoms with E-state index in [-0.39, 0.29) is 23.3 Å². The van der Waals surface area contributed by atoms with Crippen molar-refractivity contribution in [3.63, 3.8) is 0 Å². The smallest absolute Gasteiger partial charge is 0.274 e. The van der Waals surface area contributed by atoms with Gasteiger partial charge in [-0.25, -0.2) is 10.1 Å². The number of amides is 1. The van der Waals surface area contributed by atoms with Crippen LogP contribution in [0.4, 0.5) is 0 Å². The zero-order chi connectivity index (χ0) is 18.8. The van der Waals surface area contributed by atoms with Crippen LogP contribution in [0.3, 0.4) is 0 Å². The zero-order valence-corrected chi connectivity index (χ0v) is 15.5. The highest BCUT2D eigenvalue weighted by atomic mass is 32.1. The van der Waals surface area contributed by atoms with E-state index < -0.39 is 0 Å². The number of nitrogens with zero attached hydrogens (tertiary/aromatic N) is 3. The molecule has 3 aromatic rings. The van der Waals surface area contributed by atoms with E-state index in [9.17, 15) is 9.59 Å². The molecular weight excluding hydrogens is 368 g/mol. The van der Waals surface area contributed by atoms with E-state index >= 15 is 0 Å². The van der Waals surface area contributed by atoms with Gasteiger partial charge in [0.15, 0.2) is 0 Å². The fourth-order valence-electron chi connectivity index (χ4n) is 3.01. The molecule has 0 radical (unpaired) electrons. The molecule has 1 amide bonds. The maximum atomic E-state index is 12.4. The first-order valence-electron chi connectivity index (χ1n) is 8.58. The Hall–Kier alpha value is -2.94. The second-order valence-electron chi connectivity index (χ2n) is 6.23. The molecule has 8 nitrogen and oxygen atoms in total. The predicted molar refractivity (Wildman–Crippen MR) is 101 cm³/mol. The summed E-state index contributed by atoms with van der Waals surface area (Å²) in [6.45, 7) is 1.14. The van der Waals surface area contributed by atoms with E-state index in [0.29, 0.717) is 31.1 Å². The Morgan fingerprint density at radius 1 is 1.26 bits per heavy atom. The molecule has 0 spiro atoms. The van der Waals surface area contributed by atoms with Crippen LogP contribution in [0.1, 0.15) is 23.3 Å². The zero-order valence-electron chi connectivity index (χ0n) is 14.7. The van der Waals surface area contributed by atoms with Crippen LogP contribution >= 0.6 is 11.3 Å². The molecule has 0 aliphatic carbocycles. The average molecular weight is 386 g/mol. The summed E-state index contributed by atoms with van der Waals surface area (Å²) in [7, 11) is 1.63. The standard InChI is InChI=1S/C18H18N4O4S/c1-25-12-2-4-15-14(10-12)19-18(27-15)26-11-6-8-22(9-7-11)17(24)13-3-5-16(23)21-20-13/h2-5,10-11H,6-9H2,1H3,(H,21,23). The number of carbonyl (C=O) groups excluding carboxylic acids is 1. The number of aromatic amines is 1. The minimum absolute atomic E-state index is 0.0139. The summed E-state index contributed by atoms with van der Waals surface area (Å²) in [5.74, 6) is 0.582. The van der Waals surface area contributed by atoms with E-state index in [1.165, 1.54) is 23.5 Å². The second kappa shape index (κ2) is 7.36. The summed E-state index contributed by atoms with van der Waals surface area (Å²) in [5, 5.41) is 6.72. The molecule has 140 valence electrons. The van der Waals surface area contributed by atoms with Crippen LogP contribution < -0.4 is 15.0 Å². The molecule has 0 bridgehead atoms. The molecule has 0 unspecified atom stereocenters. The Morgan fingerprint density at radius 2 is 2.07 bits per heavy atom. The number of carbonyl (C=O) groups is 1. The molecule has 3 heterocycles. The number of likely N-dealkylation sites (tertiary alicyclic amines) is 1. The number of H-pyrrole nitrogens is 1. The quantitative estimate of drug-likeness (QED) is 0.737. The van der Waals surface area contributed by atoms with Crippen LogP contribution in [0.25, 0.3) is 10.2 Å². The third-order valence-corrected chi connectivity index (χ3v) is 5.40. The monoisotopic (exact) mass is 386 g/mol. The van der Waals surface area contributed by atoms with Crippen molar-refractivity contribution in [1.29, 1.82) is 0 Å². The van der Waals surface area contributed by atoms with Crippen molar-refractivity contribution in [2.75, 3.05) is 20.2 Å². The lowest BCUT2D eigenvalue weighted by Crippen LogP contribution is -2.42. The molecule has 4 rings (SSSR count). The van der Waals surface area contributed by atoms with Crippen LogP contribution in [0.15, 0.2) is 35.1 Å². The minimum Gasteiger partial charge on any atom is -0.497 e. The summed E-state index contributed by atoms with van der Waals surface area (Å²) in [5.41, 5.74) is 0.771. The fraction of sp³-hybridized carbons (Fsp3) is 0.333. The van der Waals surface area contributed by atoms with E-state index in [1.54, 1.807) is 12.0 Å². The average Bonchev–Trinajstić information content (AvgIpc) is 3.10. The number of thiazole rings is 1. The van der Waals surface area contributed by atoms with Crippen LogP contribution in [0.2, 0.25) is 0 Å². The largest absolute Gasteiger partial charge is 0.497 e. The highest BCUT2D eigenvalue weighted by Gasteiger charge is 2.26. The molecule has 1 aliphatic rings. The van der Waals surface area contributed by atoms with Gasteiger partial charge in [-0.2, -0.15) is 5.10 Å². The van der Waals surface area contributed by atoms with E-state index in [4.69, 9.17) is 9.47 Å². The van der Waals surface area contributed by atoms with Gasteiger partial charge in [0.25, 0.3) is 16.7 Å². The lowest BCUT2D eigenvalue weighted by molar-refractivity contribution is 0.0589. The molecule has 1 fully saturated rings. The second-order valence-corrected chi connectivity index (χ2v) is 7.22. The predicted octanol–water partition coefficient (Wildman–Crippen LogP) is 2.07. The number of piperidine rings is 1. The van der Waals surface area contributed by atoms with E-state index in [0.717, 1.165) is 16.0 Å². The summed E-state index contributed by atoms with van der Waals surface area (Å²) in [6, 6.07) is 8.50. The Labute approximate surface area is 158 Å². The van der Waals surface area contributed by atoms with Gasteiger partial charge in [0, 0.05) is 38.1 Å². The Balaban J connectivity index is 1.37. The van der Waals surface area contributed by atoms with Crippen LogP contribution in [-0.4, -0.2) is 52.3 Å². The van der Waals surface area contributed by atoms with Gasteiger partial charge in [-0.05, 0) is 18.2 Å². The van der Waals surface area contributed by atoms with Crippen molar-refractivity contribution in [3.8, 4) is 10.9 Å². The molecule has 2 aromatic heterocycles. The molecule has 27 heavy (non-hydrogen) atoms. The van der Waals surface area contributed by atoms with Gasteiger partial charge in [0.2, 0.25) is 0 Å². The van der Waals surface area contributed by atoms with Gasteiger partial charge in [-0.3, -0.25) is 9.59 Å². The molecule has 1 saturated heterocycles. The third-order valence-electron chi connectivity index (χ3n) is 4.47. The molecule has 1 aromatic carbocycles. The minimum atomic E-state index is -0.327. The topological polar surface area (TPSA) is 97.4 Å². The highest BCUT2D eigenvalue weighted by Crippen LogP contribution is 2.32. The Bertz CT molecular complexity index is 1000. The summed E-state index contributed by atoms with van der Waals surface area (Å²) < 4.78 is 12.3. The Kier molecular flexibility index (Phi) is 4.76. The summed E-state index contributed by atoms with van der Waals surface area (Å²) in [6.07, 6.45) is 1.45. The number of hydrogen-bond donors (Lipinski definition) is 1. The van der Waals surface area contributed by atoms with Gasteiger partial charge < -0.3 is 14.4 Å². The lowest BCUT2D eigenvalue weighted by atomic mass is 10.1. The number of fused-ring (bicyclic) bond motifs is 1. The number of ether oxygens (including phenoxy) is 2. The molecule has 9 heteroatoms. The van der Waals surface area contributed by atoms with Crippen molar-refractivity contribution in [2.45, 2.75) is 18.9 Å². The van der Waals surface area contributed by atoms with Gasteiger partial charge >= 0.3 is 0 Å². The SMILES string of the molecule is COc1ccc2sc(OC3CCN(C(=O)c4ccc(=O)[nH]n4)CC3)nc2c1. The van der Waals surface area contributed by atoms with Crippen molar-refractivity contribution in [1.82, 2.24) is 20.1 Å². The molecular formula is C18H18N4O4S. The Morgan fingerprint density at radius 3 is 2.78 bits per heavy atom. The third kappa shape index (κ3) is 3.77. The van der Waals surface area contributed by atoms with Crippen molar-refractivity contribution in [2.24, 2.45) is 0 Å². The number of rotatable bonds is 4. The first-order valence-corrected chi connectivity index (χ1v) is 9.40. The lowest BCUT2D eigenvalue weighted by Gasteiger charge is -2.31. The van der Waals surface area contributed by atoms with Gasteiger partial charge in [0.1, 0.15) is 17.5 Å². The van der Waals surface area contributed by atoms with Gasteiger partial charge in [0.05, 0.1) is 17.3 Å². The first kappa shape index (κ1) is 17.5. The van der Waals surface area contributed by atoms with Crippen LogP contribution in [0.5, 0.6) is 10.9 Å². The van der Waals surface area contributed by atoms with E-state index in [2.05, 4.69) is 15.2 Å². The number of nitrogens with one attached hydrogen (secondary N) is 1. The normalized spacial score (nSPS) is 15.1. The number of aromatic nitrogens is 3. The van der Waals surface area contributed by atoms with Gasteiger partial charge in [-0.15, -0.1) is 0 Å². The fourth-order valence-corrected chi connectivity index (χ4v) is 3.87. The highest BCUT2D eigenvalue weighted by molar-refractivity contribution is 7.20. The van der Waals surface area contributed by atoms with Crippen LogP contribution in [0, 0.1) is 0 Å². The van der Waals surface area contributed by atoms with Crippen molar-refractivity contribution < 1.29 is 14.3 Å². The van der Waals surface area contributed by atoms with Gasteiger partial charge in [-0.1, -0.05) is 11.3 Å². The maximum absolute atomic E-state index is 12.4. The number of benzene rings is 1. The van der Waals surface area contributed by atoms with E-state index in [1.807, 2.05) is 18.2 Å². The summed E-state index contributed by atoms with van der Waals surface area (Å²) >= 11 is 1.50. The van der Waals surface area contributed by atoms with Crippen LogP contribution in [-0.2, 0) is 0 Å². The van der Waals surface area contributed by atoms with Crippen molar-refractivity contribution in [3.05, 3.63) is 46.4 Å². The summed E-state index contributed by atoms with van der Waals surface area (Å²) in [4.78, 5) is 29.7. The first-order chi connectivity index (χ1) is 13.1.